The predicted octanol–water partition coefficient (Wildman–Crippen LogP) is 1.96. The zero-order valence-electron chi connectivity index (χ0n) is 10.6. The summed E-state index contributed by atoms with van der Waals surface area (Å²) in [6.45, 7) is 13.9. The standard InChI is InChI=1S/C12H26N2/c1-9(2)10-7-13-11(8-14(10)6)12(3,4)5/h9-11,13H,7-8H2,1-6H3. The summed E-state index contributed by atoms with van der Waals surface area (Å²) in [5.41, 5.74) is 0.371. The third kappa shape index (κ3) is 2.71. The first-order chi connectivity index (χ1) is 6.32. The molecule has 14 heavy (non-hydrogen) atoms. The van der Waals surface area contributed by atoms with Crippen molar-refractivity contribution in [3.8, 4) is 0 Å². The molecule has 2 unspecified atom stereocenters. The van der Waals surface area contributed by atoms with Crippen molar-refractivity contribution in [2.75, 3.05) is 20.1 Å². The Morgan fingerprint density at radius 1 is 1.29 bits per heavy atom. The molecule has 0 spiro atoms. The van der Waals surface area contributed by atoms with Crippen molar-refractivity contribution in [1.29, 1.82) is 0 Å². The van der Waals surface area contributed by atoms with Crippen LogP contribution in [0.1, 0.15) is 34.6 Å². The van der Waals surface area contributed by atoms with Gasteiger partial charge in [0.1, 0.15) is 0 Å². The van der Waals surface area contributed by atoms with Gasteiger partial charge in [0.25, 0.3) is 0 Å². The van der Waals surface area contributed by atoms with Crippen LogP contribution in [0.25, 0.3) is 0 Å². The number of piperazine rings is 1. The molecule has 2 nitrogen and oxygen atoms in total. The molecule has 2 heteroatoms. The van der Waals surface area contributed by atoms with Gasteiger partial charge in [-0.3, -0.25) is 0 Å². The Kier molecular flexibility index (Phi) is 3.59. The average molecular weight is 198 g/mol. The van der Waals surface area contributed by atoms with Crippen LogP contribution in [0.2, 0.25) is 0 Å². The molecule has 0 amide bonds. The summed E-state index contributed by atoms with van der Waals surface area (Å²) >= 11 is 0. The molecule has 1 saturated heterocycles. The second kappa shape index (κ2) is 4.19. The smallest absolute Gasteiger partial charge is 0.0244 e. The van der Waals surface area contributed by atoms with Gasteiger partial charge in [-0.05, 0) is 18.4 Å². The van der Waals surface area contributed by atoms with Crippen molar-refractivity contribution in [2.24, 2.45) is 11.3 Å². The van der Waals surface area contributed by atoms with Crippen molar-refractivity contribution >= 4 is 0 Å². The van der Waals surface area contributed by atoms with Crippen molar-refractivity contribution in [2.45, 2.75) is 46.7 Å². The number of nitrogens with zero attached hydrogens (tertiary/aromatic N) is 1. The van der Waals surface area contributed by atoms with Crippen LogP contribution in [-0.2, 0) is 0 Å². The van der Waals surface area contributed by atoms with Gasteiger partial charge >= 0.3 is 0 Å². The fraction of sp³-hybridized carbons (Fsp3) is 1.00. The predicted molar refractivity (Wildman–Crippen MR) is 62.5 cm³/mol. The number of likely N-dealkylation sites (N-methyl/N-ethyl adjacent to an activating group) is 1. The highest BCUT2D eigenvalue weighted by molar-refractivity contribution is 4.91. The Morgan fingerprint density at radius 3 is 2.21 bits per heavy atom. The van der Waals surface area contributed by atoms with Gasteiger partial charge in [-0.25, -0.2) is 0 Å². The minimum atomic E-state index is 0.371. The maximum absolute atomic E-state index is 3.68. The summed E-state index contributed by atoms with van der Waals surface area (Å²) in [7, 11) is 2.25. The zero-order valence-corrected chi connectivity index (χ0v) is 10.6. The molecule has 0 aliphatic carbocycles. The summed E-state index contributed by atoms with van der Waals surface area (Å²) in [5, 5.41) is 3.68. The maximum atomic E-state index is 3.68. The number of rotatable bonds is 1. The van der Waals surface area contributed by atoms with Gasteiger partial charge in [-0.15, -0.1) is 0 Å². The van der Waals surface area contributed by atoms with Crippen LogP contribution in [0.4, 0.5) is 0 Å². The Balaban J connectivity index is 2.55. The third-order valence-electron chi connectivity index (χ3n) is 3.43. The minimum absolute atomic E-state index is 0.371. The number of hydrogen-bond donors (Lipinski definition) is 1. The van der Waals surface area contributed by atoms with Crippen molar-refractivity contribution in [3.63, 3.8) is 0 Å². The molecule has 1 aliphatic rings. The first-order valence-electron chi connectivity index (χ1n) is 5.76. The molecule has 84 valence electrons. The van der Waals surface area contributed by atoms with E-state index in [1.54, 1.807) is 0 Å². The van der Waals surface area contributed by atoms with E-state index in [1.807, 2.05) is 0 Å². The Hall–Kier alpha value is -0.0800. The van der Waals surface area contributed by atoms with Crippen LogP contribution < -0.4 is 5.32 Å². The molecule has 1 rings (SSSR count). The summed E-state index contributed by atoms with van der Waals surface area (Å²) in [5.74, 6) is 0.744. The summed E-state index contributed by atoms with van der Waals surface area (Å²) in [4.78, 5) is 2.51. The SMILES string of the molecule is CC(C)C1CNC(C(C)(C)C)CN1C. The highest BCUT2D eigenvalue weighted by Crippen LogP contribution is 2.24. The van der Waals surface area contributed by atoms with Gasteiger partial charge in [-0.2, -0.15) is 0 Å². The molecule has 0 aromatic rings. The molecule has 0 radical (unpaired) electrons. The molecule has 0 aromatic heterocycles. The van der Waals surface area contributed by atoms with Crippen molar-refractivity contribution < 1.29 is 0 Å². The number of nitrogens with one attached hydrogen (secondary N) is 1. The van der Waals surface area contributed by atoms with E-state index in [0.717, 1.165) is 12.5 Å². The lowest BCUT2D eigenvalue weighted by Crippen LogP contribution is -2.60. The molecule has 2 atom stereocenters. The second-order valence-electron chi connectivity index (χ2n) is 6.08. The molecular weight excluding hydrogens is 172 g/mol. The first kappa shape index (κ1) is 12.0. The highest BCUT2D eigenvalue weighted by Gasteiger charge is 2.33. The third-order valence-corrected chi connectivity index (χ3v) is 3.43. The largest absolute Gasteiger partial charge is 0.311 e. The lowest BCUT2D eigenvalue weighted by atomic mass is 9.84. The lowest BCUT2D eigenvalue weighted by Gasteiger charge is -2.44. The Bertz CT molecular complexity index is 181. The Labute approximate surface area is 89.1 Å². The molecule has 0 bridgehead atoms. The van der Waals surface area contributed by atoms with Gasteiger partial charge in [0.05, 0.1) is 0 Å². The van der Waals surface area contributed by atoms with Gasteiger partial charge in [0, 0.05) is 25.2 Å². The fourth-order valence-corrected chi connectivity index (χ4v) is 2.23. The first-order valence-corrected chi connectivity index (χ1v) is 5.76. The van der Waals surface area contributed by atoms with Crippen LogP contribution in [-0.4, -0.2) is 37.1 Å². The molecular formula is C12H26N2. The molecule has 1 heterocycles. The molecule has 0 saturated carbocycles. The van der Waals surface area contributed by atoms with Crippen molar-refractivity contribution in [3.05, 3.63) is 0 Å². The highest BCUT2D eigenvalue weighted by atomic mass is 15.2. The molecule has 1 aliphatic heterocycles. The van der Waals surface area contributed by atoms with Gasteiger partial charge in [0.15, 0.2) is 0 Å². The quantitative estimate of drug-likeness (QED) is 0.693. The topological polar surface area (TPSA) is 15.3 Å². The molecule has 1 fully saturated rings. The van der Waals surface area contributed by atoms with Gasteiger partial charge in [-0.1, -0.05) is 34.6 Å². The zero-order chi connectivity index (χ0) is 10.9. The fourth-order valence-electron chi connectivity index (χ4n) is 2.23. The molecule has 1 N–H and O–H groups in total. The van der Waals surface area contributed by atoms with Crippen LogP contribution in [0.15, 0.2) is 0 Å². The number of hydrogen-bond acceptors (Lipinski definition) is 2. The minimum Gasteiger partial charge on any atom is -0.311 e. The van der Waals surface area contributed by atoms with E-state index < -0.39 is 0 Å². The second-order valence-corrected chi connectivity index (χ2v) is 6.08. The van der Waals surface area contributed by atoms with E-state index in [1.165, 1.54) is 6.54 Å². The lowest BCUT2D eigenvalue weighted by molar-refractivity contribution is 0.0853. The van der Waals surface area contributed by atoms with Crippen LogP contribution >= 0.6 is 0 Å². The van der Waals surface area contributed by atoms with Crippen molar-refractivity contribution in [1.82, 2.24) is 10.2 Å². The Morgan fingerprint density at radius 2 is 1.86 bits per heavy atom. The van der Waals surface area contributed by atoms with E-state index in [-0.39, 0.29) is 0 Å². The van der Waals surface area contributed by atoms with Crippen LogP contribution in [0.3, 0.4) is 0 Å². The normalized spacial score (nSPS) is 31.1. The van der Waals surface area contributed by atoms with E-state index in [2.05, 4.69) is 51.9 Å². The van der Waals surface area contributed by atoms with Gasteiger partial charge in [0.2, 0.25) is 0 Å². The summed E-state index contributed by atoms with van der Waals surface area (Å²) in [6.07, 6.45) is 0. The summed E-state index contributed by atoms with van der Waals surface area (Å²) < 4.78 is 0. The van der Waals surface area contributed by atoms with E-state index >= 15 is 0 Å². The van der Waals surface area contributed by atoms with E-state index in [9.17, 15) is 0 Å². The van der Waals surface area contributed by atoms with E-state index in [0.29, 0.717) is 17.5 Å². The molecule has 0 aromatic carbocycles. The summed E-state index contributed by atoms with van der Waals surface area (Å²) in [6, 6.07) is 1.33. The van der Waals surface area contributed by atoms with Crippen LogP contribution in [0.5, 0.6) is 0 Å². The van der Waals surface area contributed by atoms with Crippen LogP contribution in [0, 0.1) is 11.3 Å². The maximum Gasteiger partial charge on any atom is 0.0244 e. The van der Waals surface area contributed by atoms with E-state index in [4.69, 9.17) is 0 Å². The monoisotopic (exact) mass is 198 g/mol. The average Bonchev–Trinajstić information content (AvgIpc) is 2.01. The van der Waals surface area contributed by atoms with Gasteiger partial charge < -0.3 is 10.2 Å².